The topological polar surface area (TPSA) is 128 Å². The van der Waals surface area contributed by atoms with Crippen LogP contribution in [0.4, 0.5) is 10.1 Å². The van der Waals surface area contributed by atoms with Gasteiger partial charge in [0.25, 0.3) is 5.91 Å². The zero-order valence-electron chi connectivity index (χ0n) is 14.5. The largest absolute Gasteiger partial charge is 0.368 e. The number of nitro groups is 1. The van der Waals surface area contributed by atoms with Crippen LogP contribution in [0.15, 0.2) is 54.7 Å². The van der Waals surface area contributed by atoms with Crippen LogP contribution in [0.1, 0.15) is 15.9 Å². The first-order valence-corrected chi connectivity index (χ1v) is 8.23. The quantitative estimate of drug-likeness (QED) is 0.498. The van der Waals surface area contributed by atoms with Crippen LogP contribution >= 0.6 is 0 Å². The molecule has 0 aliphatic carbocycles. The van der Waals surface area contributed by atoms with E-state index in [1.54, 1.807) is 24.3 Å². The van der Waals surface area contributed by atoms with E-state index in [0.717, 1.165) is 17.5 Å². The lowest BCUT2D eigenvalue weighted by molar-refractivity contribution is -0.387. The number of amides is 2. The Morgan fingerprint density at radius 2 is 1.96 bits per heavy atom. The third-order valence-electron chi connectivity index (χ3n) is 4.15. The number of aromatic nitrogens is 1. The molecule has 1 atom stereocenters. The summed E-state index contributed by atoms with van der Waals surface area (Å²) in [4.78, 5) is 38.4. The van der Waals surface area contributed by atoms with Gasteiger partial charge in [0.2, 0.25) is 11.7 Å². The van der Waals surface area contributed by atoms with Gasteiger partial charge in [-0.2, -0.15) is 4.39 Å². The van der Waals surface area contributed by atoms with Gasteiger partial charge in [0.15, 0.2) is 0 Å². The minimum atomic E-state index is -1.14. The molecule has 0 unspecified atom stereocenters. The monoisotopic (exact) mass is 382 g/mol. The van der Waals surface area contributed by atoms with Crippen molar-refractivity contribution in [2.24, 2.45) is 5.73 Å². The van der Waals surface area contributed by atoms with Crippen LogP contribution in [0.3, 0.4) is 0 Å². The molecule has 2 amide bonds. The van der Waals surface area contributed by atoms with Gasteiger partial charge in [-0.05, 0) is 23.8 Å². The lowest BCUT2D eigenvalue weighted by atomic mass is 10.0. The standard InChI is InChI=1S/C19H15FN4O4/c20-14-6-5-11(8-17(14)24(27)28)7-16(18(21)25)23-19(26)13-9-12-3-1-2-4-15(12)22-10-13/h1-6,8-10,16H,7H2,(H2,21,25)(H,23,26)/t16-/m0/s1. The Morgan fingerprint density at radius 3 is 2.68 bits per heavy atom. The summed E-state index contributed by atoms with van der Waals surface area (Å²) in [5.74, 6) is -2.39. The van der Waals surface area contributed by atoms with Gasteiger partial charge in [0, 0.05) is 24.1 Å². The molecule has 1 heterocycles. The maximum Gasteiger partial charge on any atom is 0.305 e. The fourth-order valence-corrected chi connectivity index (χ4v) is 2.72. The number of nitro benzene ring substituents is 1. The summed E-state index contributed by atoms with van der Waals surface area (Å²) < 4.78 is 13.5. The van der Waals surface area contributed by atoms with Crippen molar-refractivity contribution in [1.82, 2.24) is 10.3 Å². The number of para-hydroxylation sites is 1. The molecule has 28 heavy (non-hydrogen) atoms. The SMILES string of the molecule is NC(=O)[C@H](Cc1ccc(F)c([N+](=O)[O-])c1)NC(=O)c1cnc2ccccc2c1. The summed E-state index contributed by atoms with van der Waals surface area (Å²) >= 11 is 0. The van der Waals surface area contributed by atoms with Crippen molar-refractivity contribution in [1.29, 1.82) is 0 Å². The molecule has 142 valence electrons. The van der Waals surface area contributed by atoms with Gasteiger partial charge >= 0.3 is 5.69 Å². The Balaban J connectivity index is 1.80. The number of carbonyl (C=O) groups excluding carboxylic acids is 2. The molecule has 0 spiro atoms. The smallest absolute Gasteiger partial charge is 0.305 e. The number of fused-ring (bicyclic) bond motifs is 1. The first-order valence-electron chi connectivity index (χ1n) is 8.23. The van der Waals surface area contributed by atoms with Crippen LogP contribution in [0, 0.1) is 15.9 Å². The molecule has 1 aromatic heterocycles. The number of rotatable bonds is 6. The summed E-state index contributed by atoms with van der Waals surface area (Å²) in [5.41, 5.74) is 5.86. The minimum absolute atomic E-state index is 0.122. The number of nitrogens with two attached hydrogens (primary N) is 1. The van der Waals surface area contributed by atoms with Crippen LogP contribution in [0.25, 0.3) is 10.9 Å². The van der Waals surface area contributed by atoms with Crippen LogP contribution < -0.4 is 11.1 Å². The molecule has 3 aromatic rings. The van der Waals surface area contributed by atoms with Crippen molar-refractivity contribution in [3.63, 3.8) is 0 Å². The van der Waals surface area contributed by atoms with E-state index in [-0.39, 0.29) is 17.5 Å². The summed E-state index contributed by atoms with van der Waals surface area (Å²) in [6, 6.07) is 10.9. The highest BCUT2D eigenvalue weighted by Crippen LogP contribution is 2.19. The fourth-order valence-electron chi connectivity index (χ4n) is 2.72. The third kappa shape index (κ3) is 4.09. The molecule has 0 saturated carbocycles. The lowest BCUT2D eigenvalue weighted by Crippen LogP contribution is -2.45. The molecule has 0 aliphatic heterocycles. The van der Waals surface area contributed by atoms with E-state index in [2.05, 4.69) is 10.3 Å². The molecule has 0 radical (unpaired) electrons. The van der Waals surface area contributed by atoms with Crippen LogP contribution in [0.5, 0.6) is 0 Å². The number of pyridine rings is 1. The Hall–Kier alpha value is -3.88. The molecule has 3 rings (SSSR count). The second-order valence-electron chi connectivity index (χ2n) is 6.09. The first-order chi connectivity index (χ1) is 13.3. The third-order valence-corrected chi connectivity index (χ3v) is 4.15. The molecular weight excluding hydrogens is 367 g/mol. The molecule has 8 nitrogen and oxygen atoms in total. The predicted octanol–water partition coefficient (Wildman–Crippen LogP) is 2.11. The molecule has 0 aliphatic rings. The van der Waals surface area contributed by atoms with Crippen LogP contribution in [-0.2, 0) is 11.2 Å². The summed E-state index contributed by atoms with van der Waals surface area (Å²) in [6.45, 7) is 0. The lowest BCUT2D eigenvalue weighted by Gasteiger charge is -2.16. The van der Waals surface area contributed by atoms with Crippen molar-refractivity contribution < 1.29 is 18.9 Å². The van der Waals surface area contributed by atoms with Gasteiger partial charge in [-0.15, -0.1) is 0 Å². The van der Waals surface area contributed by atoms with Crippen molar-refractivity contribution in [2.75, 3.05) is 0 Å². The molecular formula is C19H15FN4O4. The summed E-state index contributed by atoms with van der Waals surface area (Å²) in [5, 5.41) is 14.1. The van der Waals surface area contributed by atoms with Gasteiger partial charge in [0.05, 0.1) is 16.0 Å². The Morgan fingerprint density at radius 1 is 1.21 bits per heavy atom. The van der Waals surface area contributed by atoms with Gasteiger partial charge < -0.3 is 11.1 Å². The highest BCUT2D eigenvalue weighted by atomic mass is 19.1. The van der Waals surface area contributed by atoms with Crippen molar-refractivity contribution in [2.45, 2.75) is 12.5 Å². The first kappa shape index (κ1) is 18.9. The number of hydrogen-bond donors (Lipinski definition) is 2. The Bertz CT molecular complexity index is 1090. The average molecular weight is 382 g/mol. The van der Waals surface area contributed by atoms with E-state index in [1.807, 2.05) is 6.07 Å². The zero-order valence-corrected chi connectivity index (χ0v) is 14.5. The second kappa shape index (κ2) is 7.78. The molecule has 3 N–H and O–H groups in total. The Kier molecular flexibility index (Phi) is 5.25. The van der Waals surface area contributed by atoms with E-state index >= 15 is 0 Å². The van der Waals surface area contributed by atoms with Crippen LogP contribution in [0.2, 0.25) is 0 Å². The molecule has 0 bridgehead atoms. The van der Waals surface area contributed by atoms with E-state index in [1.165, 1.54) is 12.3 Å². The number of benzene rings is 2. The van der Waals surface area contributed by atoms with Crippen molar-refractivity contribution >= 4 is 28.4 Å². The highest BCUT2D eigenvalue weighted by Gasteiger charge is 2.22. The van der Waals surface area contributed by atoms with Crippen molar-refractivity contribution in [3.05, 3.63) is 81.8 Å². The number of hydrogen-bond acceptors (Lipinski definition) is 5. The Labute approximate surface area is 158 Å². The van der Waals surface area contributed by atoms with E-state index < -0.39 is 34.3 Å². The number of carbonyl (C=O) groups is 2. The van der Waals surface area contributed by atoms with Crippen LogP contribution in [-0.4, -0.2) is 27.8 Å². The number of nitrogens with one attached hydrogen (secondary N) is 1. The fraction of sp³-hybridized carbons (Fsp3) is 0.105. The normalized spacial score (nSPS) is 11.8. The average Bonchev–Trinajstić information content (AvgIpc) is 2.68. The predicted molar refractivity (Wildman–Crippen MR) is 99.0 cm³/mol. The molecule has 0 fully saturated rings. The zero-order chi connectivity index (χ0) is 20.3. The van der Waals surface area contributed by atoms with Gasteiger partial charge in [-0.1, -0.05) is 24.3 Å². The van der Waals surface area contributed by atoms with Crippen molar-refractivity contribution in [3.8, 4) is 0 Å². The van der Waals surface area contributed by atoms with E-state index in [4.69, 9.17) is 5.73 Å². The molecule has 2 aromatic carbocycles. The molecule has 0 saturated heterocycles. The van der Waals surface area contributed by atoms with Gasteiger partial charge in [-0.3, -0.25) is 24.7 Å². The number of nitrogens with zero attached hydrogens (tertiary/aromatic N) is 2. The van der Waals surface area contributed by atoms with E-state index in [0.29, 0.717) is 5.52 Å². The summed E-state index contributed by atoms with van der Waals surface area (Å²) in [6.07, 6.45) is 1.25. The summed E-state index contributed by atoms with van der Waals surface area (Å²) in [7, 11) is 0. The number of halogens is 1. The van der Waals surface area contributed by atoms with Gasteiger partial charge in [0.1, 0.15) is 6.04 Å². The highest BCUT2D eigenvalue weighted by molar-refractivity contribution is 5.99. The minimum Gasteiger partial charge on any atom is -0.368 e. The second-order valence-corrected chi connectivity index (χ2v) is 6.09. The molecule has 9 heteroatoms. The van der Waals surface area contributed by atoms with E-state index in [9.17, 15) is 24.1 Å². The maximum absolute atomic E-state index is 13.5. The van der Waals surface area contributed by atoms with Gasteiger partial charge in [-0.25, -0.2) is 0 Å². The number of primary amides is 1. The maximum atomic E-state index is 13.5.